The first-order valence-electron chi connectivity index (χ1n) is 8.98. The van der Waals surface area contributed by atoms with E-state index >= 15 is 0 Å². The fourth-order valence-electron chi connectivity index (χ4n) is 3.76. The third-order valence-corrected chi connectivity index (χ3v) is 5.07. The van der Waals surface area contributed by atoms with E-state index in [-0.39, 0.29) is 0 Å². The molecular weight excluding hydrogens is 310 g/mol. The number of nitrogens with zero attached hydrogens (tertiary/aromatic N) is 2. The summed E-state index contributed by atoms with van der Waals surface area (Å²) >= 11 is 0. The van der Waals surface area contributed by atoms with Crippen molar-refractivity contribution in [1.82, 2.24) is 10.5 Å². The first kappa shape index (κ1) is 14.6. The van der Waals surface area contributed by atoms with Gasteiger partial charge in [0.2, 0.25) is 0 Å². The van der Waals surface area contributed by atoms with Gasteiger partial charge in [-0.25, -0.2) is 0 Å². The Hall–Kier alpha value is -2.72. The molecule has 0 amide bonds. The van der Waals surface area contributed by atoms with Crippen LogP contribution in [0.25, 0.3) is 11.8 Å². The van der Waals surface area contributed by atoms with Gasteiger partial charge in [-0.2, -0.15) is 0 Å². The predicted molar refractivity (Wildman–Crippen MR) is 100 cm³/mol. The summed E-state index contributed by atoms with van der Waals surface area (Å²) in [6.45, 7) is 0. The molecular formula is C21H21N3O. The number of benzene rings is 2. The minimum atomic E-state index is 0.376. The summed E-state index contributed by atoms with van der Waals surface area (Å²) in [6, 6.07) is 16.8. The number of ether oxygens (including phenoxy) is 1. The van der Waals surface area contributed by atoms with E-state index < -0.39 is 0 Å². The Labute approximate surface area is 147 Å². The first-order valence-corrected chi connectivity index (χ1v) is 8.98. The maximum atomic E-state index is 6.15. The monoisotopic (exact) mass is 331 g/mol. The zero-order valence-corrected chi connectivity index (χ0v) is 14.1. The molecule has 2 aromatic carbocycles. The van der Waals surface area contributed by atoms with E-state index in [0.29, 0.717) is 6.10 Å². The molecule has 5 rings (SSSR count). The lowest BCUT2D eigenvalue weighted by atomic mass is 10.0. The van der Waals surface area contributed by atoms with E-state index in [9.17, 15) is 0 Å². The third-order valence-electron chi connectivity index (χ3n) is 5.07. The molecule has 3 aliphatic rings. The molecule has 1 aliphatic carbocycles. The van der Waals surface area contributed by atoms with Crippen LogP contribution in [-0.4, -0.2) is 11.1 Å². The molecule has 2 heterocycles. The number of hydrogen-bond donors (Lipinski definition) is 1. The molecule has 0 bridgehead atoms. The standard InChI is InChI=1S/C21H21N3O/c1-4-11-20-16(6-1)12-13-23-21(20)15-24(22-23)17-7-5-10-19(14-17)25-18-8-2-3-9-18/h1,4-7,10-15,18,22H,2-3,8-9H2. The fourth-order valence-corrected chi connectivity index (χ4v) is 3.76. The van der Waals surface area contributed by atoms with Gasteiger partial charge >= 0.3 is 0 Å². The van der Waals surface area contributed by atoms with Crippen molar-refractivity contribution in [2.45, 2.75) is 31.8 Å². The second kappa shape index (κ2) is 5.97. The summed E-state index contributed by atoms with van der Waals surface area (Å²) in [4.78, 5) is 0. The normalized spacial score (nSPS) is 19.0. The van der Waals surface area contributed by atoms with Crippen molar-refractivity contribution in [3.8, 4) is 5.75 Å². The number of rotatable bonds is 3. The maximum absolute atomic E-state index is 6.15. The molecule has 0 saturated heterocycles. The molecule has 0 radical (unpaired) electrons. The average molecular weight is 331 g/mol. The quantitative estimate of drug-likeness (QED) is 0.894. The van der Waals surface area contributed by atoms with Crippen LogP contribution in [0.15, 0.2) is 60.9 Å². The highest BCUT2D eigenvalue weighted by Gasteiger charge is 2.25. The van der Waals surface area contributed by atoms with Crippen molar-refractivity contribution in [3.63, 3.8) is 0 Å². The molecule has 25 heavy (non-hydrogen) atoms. The minimum absolute atomic E-state index is 0.376. The molecule has 0 spiro atoms. The van der Waals surface area contributed by atoms with Gasteiger partial charge in [-0.1, -0.05) is 30.3 Å². The van der Waals surface area contributed by atoms with Crippen LogP contribution >= 0.6 is 0 Å². The Balaban J connectivity index is 1.42. The number of hydrogen-bond acceptors (Lipinski definition) is 4. The molecule has 0 aromatic heterocycles. The van der Waals surface area contributed by atoms with Gasteiger partial charge in [0.1, 0.15) is 5.75 Å². The van der Waals surface area contributed by atoms with Crippen LogP contribution in [0.5, 0.6) is 5.75 Å². The summed E-state index contributed by atoms with van der Waals surface area (Å²) < 4.78 is 6.15. The van der Waals surface area contributed by atoms with Crippen molar-refractivity contribution in [1.29, 1.82) is 0 Å². The number of nitrogens with one attached hydrogen (secondary N) is 1. The van der Waals surface area contributed by atoms with Crippen LogP contribution in [0.4, 0.5) is 5.69 Å². The SMILES string of the molecule is C1=CN2NN(c3cccc(OC4CCCC4)c3)C=C2c2ccccc21. The summed E-state index contributed by atoms with van der Waals surface area (Å²) in [5.41, 5.74) is 8.11. The van der Waals surface area contributed by atoms with Crippen LogP contribution in [-0.2, 0) is 0 Å². The van der Waals surface area contributed by atoms with Crippen LogP contribution in [0.1, 0.15) is 36.8 Å². The van der Waals surface area contributed by atoms with Gasteiger partial charge in [-0.05, 0) is 49.5 Å². The van der Waals surface area contributed by atoms with Crippen LogP contribution in [0, 0.1) is 0 Å². The number of fused-ring (bicyclic) bond motifs is 3. The zero-order chi connectivity index (χ0) is 16.6. The van der Waals surface area contributed by atoms with Gasteiger partial charge in [0.05, 0.1) is 17.5 Å². The fraction of sp³-hybridized carbons (Fsp3) is 0.238. The van der Waals surface area contributed by atoms with Gasteiger partial charge in [-0.15, -0.1) is 5.53 Å². The van der Waals surface area contributed by atoms with Crippen molar-refractivity contribution >= 4 is 17.5 Å². The summed E-state index contributed by atoms with van der Waals surface area (Å²) in [5.74, 6) is 0.949. The van der Waals surface area contributed by atoms with Crippen molar-refractivity contribution < 1.29 is 4.74 Å². The van der Waals surface area contributed by atoms with E-state index in [1.807, 2.05) is 16.1 Å². The molecule has 1 saturated carbocycles. The lowest BCUT2D eigenvalue weighted by Gasteiger charge is -2.25. The van der Waals surface area contributed by atoms with Gasteiger partial charge in [0, 0.05) is 24.0 Å². The second-order valence-electron chi connectivity index (χ2n) is 6.78. The highest BCUT2D eigenvalue weighted by Crippen LogP contribution is 2.34. The Morgan fingerprint density at radius 1 is 0.960 bits per heavy atom. The average Bonchev–Trinajstić information content (AvgIpc) is 3.31. The molecule has 4 heteroatoms. The smallest absolute Gasteiger partial charge is 0.121 e. The highest BCUT2D eigenvalue weighted by atomic mass is 16.5. The predicted octanol–water partition coefficient (Wildman–Crippen LogP) is 4.53. The Kier molecular flexibility index (Phi) is 3.49. The van der Waals surface area contributed by atoms with Crippen LogP contribution < -0.4 is 15.3 Å². The maximum Gasteiger partial charge on any atom is 0.121 e. The molecule has 1 N–H and O–H groups in total. The molecule has 4 nitrogen and oxygen atoms in total. The van der Waals surface area contributed by atoms with Crippen molar-refractivity contribution in [3.05, 3.63) is 72.1 Å². The summed E-state index contributed by atoms with van der Waals surface area (Å²) in [6.07, 6.45) is 11.6. The van der Waals surface area contributed by atoms with E-state index in [1.165, 1.54) is 36.8 Å². The Bertz CT molecular complexity index is 852. The molecule has 126 valence electrons. The minimum Gasteiger partial charge on any atom is -0.490 e. The molecule has 2 aromatic rings. The van der Waals surface area contributed by atoms with E-state index in [4.69, 9.17) is 4.74 Å². The second-order valence-corrected chi connectivity index (χ2v) is 6.78. The van der Waals surface area contributed by atoms with Gasteiger partial charge in [0.25, 0.3) is 0 Å². The Morgan fingerprint density at radius 2 is 1.84 bits per heavy atom. The van der Waals surface area contributed by atoms with Crippen LogP contribution in [0.3, 0.4) is 0 Å². The zero-order valence-electron chi connectivity index (χ0n) is 14.1. The summed E-state index contributed by atoms with van der Waals surface area (Å²) in [5, 5.41) is 4.09. The van der Waals surface area contributed by atoms with E-state index in [0.717, 1.165) is 17.1 Å². The van der Waals surface area contributed by atoms with Crippen molar-refractivity contribution in [2.24, 2.45) is 0 Å². The number of anilines is 1. The largest absolute Gasteiger partial charge is 0.490 e. The van der Waals surface area contributed by atoms with Crippen molar-refractivity contribution in [2.75, 3.05) is 5.01 Å². The third kappa shape index (κ3) is 2.68. The lowest BCUT2D eigenvalue weighted by molar-refractivity contribution is 0.210. The lowest BCUT2D eigenvalue weighted by Crippen LogP contribution is -2.37. The summed E-state index contributed by atoms with van der Waals surface area (Å²) in [7, 11) is 0. The van der Waals surface area contributed by atoms with Gasteiger partial charge in [0.15, 0.2) is 0 Å². The molecule has 0 unspecified atom stereocenters. The molecule has 0 atom stereocenters. The van der Waals surface area contributed by atoms with Crippen LogP contribution in [0.2, 0.25) is 0 Å². The number of hydrazine groups is 2. The Morgan fingerprint density at radius 3 is 2.76 bits per heavy atom. The highest BCUT2D eigenvalue weighted by molar-refractivity contribution is 5.80. The van der Waals surface area contributed by atoms with Gasteiger partial charge < -0.3 is 4.74 Å². The topological polar surface area (TPSA) is 27.7 Å². The molecule has 1 fully saturated rings. The van der Waals surface area contributed by atoms with E-state index in [2.05, 4.69) is 66.5 Å². The first-order chi connectivity index (χ1) is 12.4. The van der Waals surface area contributed by atoms with Gasteiger partial charge in [-0.3, -0.25) is 10.0 Å². The molecule has 2 aliphatic heterocycles. The van der Waals surface area contributed by atoms with E-state index in [1.54, 1.807) is 0 Å².